The maximum atomic E-state index is 13.2. The van der Waals surface area contributed by atoms with Gasteiger partial charge >= 0.3 is 0 Å². The van der Waals surface area contributed by atoms with Crippen LogP contribution < -0.4 is 15.0 Å². The van der Waals surface area contributed by atoms with E-state index in [1.54, 1.807) is 29.3 Å². The van der Waals surface area contributed by atoms with E-state index < -0.39 is 5.91 Å². The van der Waals surface area contributed by atoms with Crippen molar-refractivity contribution in [3.63, 3.8) is 0 Å². The molecule has 0 aliphatic heterocycles. The van der Waals surface area contributed by atoms with E-state index >= 15 is 0 Å². The topological polar surface area (TPSA) is 90.2 Å². The van der Waals surface area contributed by atoms with E-state index in [2.05, 4.69) is 75.0 Å². The van der Waals surface area contributed by atoms with Gasteiger partial charge in [0.2, 0.25) is 0 Å². The summed E-state index contributed by atoms with van der Waals surface area (Å²) in [5.74, 6) is 1.21. The van der Waals surface area contributed by atoms with Gasteiger partial charge in [-0.3, -0.25) is 4.79 Å². The number of benzene rings is 3. The predicted octanol–water partition coefficient (Wildman–Crippen LogP) is 10.5. The molecule has 1 unspecified atom stereocenters. The lowest BCUT2D eigenvalue weighted by molar-refractivity contribution is 0.102. The second-order valence-corrected chi connectivity index (χ2v) is 13.2. The number of unbranched alkanes of at least 4 members (excludes halogenated alkanes) is 1. The Bertz CT molecular complexity index is 1750. The van der Waals surface area contributed by atoms with Gasteiger partial charge in [0, 0.05) is 58.9 Å². The summed E-state index contributed by atoms with van der Waals surface area (Å²) in [4.78, 5) is 17.4. The molecule has 3 N–H and O–H groups in total. The molecule has 1 heterocycles. The van der Waals surface area contributed by atoms with Crippen molar-refractivity contribution in [3.8, 4) is 23.0 Å². The highest BCUT2D eigenvalue weighted by Gasteiger charge is 2.17. The number of aromatic hydroxyl groups is 2. The number of nitrogens with one attached hydrogen (secondary N) is 1. The Morgan fingerprint density at radius 1 is 0.980 bits per heavy atom. The largest absolute Gasteiger partial charge is 0.506 e. The number of phenols is 2. The summed E-state index contributed by atoms with van der Waals surface area (Å²) in [6, 6.07) is 15.9. The SMILES string of the molecule is C=CN(/C=C\CCC)c1c(O)cc(NC(=O)c2cccc(Oc3ccc4c(c3)c(C)c(C)n4CCCN(CCC)CCC(C)CC)c2)cc1O. The third-order valence-corrected chi connectivity index (χ3v) is 9.48. The minimum atomic E-state index is -0.401. The molecule has 0 radical (unpaired) electrons. The van der Waals surface area contributed by atoms with Gasteiger partial charge < -0.3 is 34.6 Å². The van der Waals surface area contributed by atoms with Crippen LogP contribution in [-0.2, 0) is 6.54 Å². The van der Waals surface area contributed by atoms with E-state index in [4.69, 9.17) is 4.74 Å². The molecule has 3 aromatic carbocycles. The predicted molar refractivity (Wildman–Crippen MR) is 208 cm³/mol. The lowest BCUT2D eigenvalue weighted by atomic mass is 10.1. The fraction of sp³-hybridized carbons (Fsp3) is 0.405. The molecular formula is C42H56N4O4. The normalized spacial score (nSPS) is 12.1. The van der Waals surface area contributed by atoms with Crippen molar-refractivity contribution in [2.75, 3.05) is 29.9 Å². The molecule has 0 aliphatic carbocycles. The average Bonchev–Trinajstić information content (AvgIpc) is 3.33. The number of rotatable bonds is 19. The van der Waals surface area contributed by atoms with Gasteiger partial charge in [-0.25, -0.2) is 0 Å². The van der Waals surface area contributed by atoms with E-state index in [1.807, 2.05) is 18.2 Å². The summed E-state index contributed by atoms with van der Waals surface area (Å²) in [7, 11) is 0. The van der Waals surface area contributed by atoms with Gasteiger partial charge in [-0.2, -0.15) is 0 Å². The Morgan fingerprint density at radius 2 is 1.72 bits per heavy atom. The number of carbonyl (C=O) groups is 1. The Balaban J connectivity index is 1.44. The van der Waals surface area contributed by atoms with Crippen LogP contribution in [0.25, 0.3) is 10.9 Å². The maximum absolute atomic E-state index is 13.2. The zero-order chi connectivity index (χ0) is 36.2. The number of anilines is 2. The Labute approximate surface area is 298 Å². The monoisotopic (exact) mass is 680 g/mol. The second-order valence-electron chi connectivity index (χ2n) is 13.2. The van der Waals surface area contributed by atoms with E-state index in [0.717, 1.165) is 50.2 Å². The van der Waals surface area contributed by atoms with Crippen molar-refractivity contribution in [3.05, 3.63) is 96.5 Å². The summed E-state index contributed by atoms with van der Waals surface area (Å²) < 4.78 is 8.69. The Hall–Kier alpha value is -4.69. The minimum absolute atomic E-state index is 0.185. The summed E-state index contributed by atoms with van der Waals surface area (Å²) in [5.41, 5.74) is 4.53. The number of hydrogen-bond acceptors (Lipinski definition) is 6. The number of amides is 1. The zero-order valence-electron chi connectivity index (χ0n) is 30.8. The van der Waals surface area contributed by atoms with Crippen molar-refractivity contribution < 1.29 is 19.7 Å². The van der Waals surface area contributed by atoms with Crippen molar-refractivity contribution in [1.82, 2.24) is 9.47 Å². The Morgan fingerprint density at radius 3 is 2.40 bits per heavy atom. The first kappa shape index (κ1) is 38.1. The van der Waals surface area contributed by atoms with Crippen LogP contribution in [0.1, 0.15) is 87.8 Å². The molecule has 0 fully saturated rings. The summed E-state index contributed by atoms with van der Waals surface area (Å²) in [6.07, 6.45) is 11.8. The highest BCUT2D eigenvalue weighted by Crippen LogP contribution is 2.40. The van der Waals surface area contributed by atoms with Gasteiger partial charge in [0.15, 0.2) is 0 Å². The minimum Gasteiger partial charge on any atom is -0.506 e. The van der Waals surface area contributed by atoms with E-state index in [0.29, 0.717) is 17.1 Å². The number of carbonyl (C=O) groups excluding carboxylic acids is 1. The van der Waals surface area contributed by atoms with Crippen molar-refractivity contribution in [1.29, 1.82) is 0 Å². The molecule has 0 spiro atoms. The van der Waals surface area contributed by atoms with Gasteiger partial charge in [-0.15, -0.1) is 0 Å². The molecule has 0 aliphatic rings. The van der Waals surface area contributed by atoms with Crippen LogP contribution in [0, 0.1) is 19.8 Å². The highest BCUT2D eigenvalue weighted by atomic mass is 16.5. The fourth-order valence-electron chi connectivity index (χ4n) is 6.25. The van der Waals surface area contributed by atoms with Crippen LogP contribution in [0.5, 0.6) is 23.0 Å². The number of aryl methyl sites for hydroxylation is 2. The molecule has 268 valence electrons. The van der Waals surface area contributed by atoms with Gasteiger partial charge in [-0.1, -0.05) is 59.3 Å². The van der Waals surface area contributed by atoms with Crippen LogP contribution in [0.4, 0.5) is 11.4 Å². The first-order chi connectivity index (χ1) is 24.1. The van der Waals surface area contributed by atoms with Crippen molar-refractivity contribution >= 4 is 28.2 Å². The van der Waals surface area contributed by atoms with Gasteiger partial charge in [0.1, 0.15) is 28.7 Å². The smallest absolute Gasteiger partial charge is 0.255 e. The van der Waals surface area contributed by atoms with Gasteiger partial charge in [-0.05, 0) is 107 Å². The molecule has 4 rings (SSSR count). The van der Waals surface area contributed by atoms with Crippen molar-refractivity contribution in [2.45, 2.75) is 86.6 Å². The molecule has 8 nitrogen and oxygen atoms in total. The molecule has 1 aromatic heterocycles. The van der Waals surface area contributed by atoms with Crippen LogP contribution in [0.3, 0.4) is 0 Å². The average molecular weight is 681 g/mol. The lowest BCUT2D eigenvalue weighted by Crippen LogP contribution is -2.28. The number of nitrogens with zero attached hydrogens (tertiary/aromatic N) is 3. The van der Waals surface area contributed by atoms with Crippen LogP contribution in [-0.4, -0.2) is 45.2 Å². The zero-order valence-corrected chi connectivity index (χ0v) is 30.8. The molecule has 50 heavy (non-hydrogen) atoms. The standard InChI is InChI=1S/C42H56N4O4/c1-8-12-13-23-45(11-4)41-39(47)27-34(28-40(41)48)43-42(49)33-16-14-17-35(26-33)50-36-18-19-38-37(29-36)31(6)32(7)46(38)24-15-22-44(21-9-2)25-20-30(5)10-3/h11,13-14,16-19,23,26-30,47-48H,4,8-10,12,15,20-22,24-25H2,1-3,5-7H3,(H,43,49)/b23-13-. The fourth-order valence-corrected chi connectivity index (χ4v) is 6.25. The summed E-state index contributed by atoms with van der Waals surface area (Å²) in [5, 5.41) is 25.3. The van der Waals surface area contributed by atoms with E-state index in [-0.39, 0.29) is 22.9 Å². The number of hydrogen-bond donors (Lipinski definition) is 3. The molecule has 4 aromatic rings. The molecule has 1 amide bonds. The first-order valence-corrected chi connectivity index (χ1v) is 18.1. The molecule has 0 saturated carbocycles. The maximum Gasteiger partial charge on any atom is 0.255 e. The third kappa shape index (κ3) is 9.72. The summed E-state index contributed by atoms with van der Waals surface area (Å²) >= 11 is 0. The highest BCUT2D eigenvalue weighted by molar-refractivity contribution is 6.05. The van der Waals surface area contributed by atoms with Gasteiger partial charge in [0.25, 0.3) is 5.91 Å². The first-order valence-electron chi connectivity index (χ1n) is 18.1. The van der Waals surface area contributed by atoms with Crippen LogP contribution in [0.2, 0.25) is 0 Å². The molecule has 0 bridgehead atoms. The second kappa shape index (κ2) is 18.3. The molecular weight excluding hydrogens is 624 g/mol. The Kier molecular flexibility index (Phi) is 14.0. The number of fused-ring (bicyclic) bond motifs is 1. The quantitative estimate of drug-likeness (QED) is 0.0913. The lowest BCUT2D eigenvalue weighted by Gasteiger charge is -2.23. The number of ether oxygens (including phenoxy) is 1. The molecule has 0 saturated heterocycles. The van der Waals surface area contributed by atoms with Gasteiger partial charge in [0.05, 0.1) is 0 Å². The number of phenolic OH excluding ortho intramolecular Hbond substituents is 2. The molecule has 8 heteroatoms. The van der Waals surface area contributed by atoms with E-state index in [1.165, 1.54) is 60.9 Å². The summed E-state index contributed by atoms with van der Waals surface area (Å²) in [6.45, 7) is 21.5. The number of allylic oxidation sites excluding steroid dienone is 1. The van der Waals surface area contributed by atoms with Crippen LogP contribution in [0.15, 0.2) is 79.7 Å². The molecule has 1 atom stereocenters. The van der Waals surface area contributed by atoms with Crippen molar-refractivity contribution in [2.24, 2.45) is 5.92 Å². The number of aromatic nitrogens is 1. The third-order valence-electron chi connectivity index (χ3n) is 9.48. The van der Waals surface area contributed by atoms with Crippen LogP contribution >= 0.6 is 0 Å². The van der Waals surface area contributed by atoms with E-state index in [9.17, 15) is 15.0 Å².